The quantitative estimate of drug-likeness (QED) is 0.748. The zero-order valence-corrected chi connectivity index (χ0v) is 13.5. The van der Waals surface area contributed by atoms with Crippen LogP contribution in [0.2, 0.25) is 0 Å². The highest BCUT2D eigenvalue weighted by Crippen LogP contribution is 2.26. The molecule has 3 nitrogen and oxygen atoms in total. The summed E-state index contributed by atoms with van der Waals surface area (Å²) >= 11 is 0. The van der Waals surface area contributed by atoms with Gasteiger partial charge in [-0.15, -0.1) is 0 Å². The van der Waals surface area contributed by atoms with E-state index in [4.69, 9.17) is 9.47 Å². The van der Waals surface area contributed by atoms with Crippen LogP contribution in [-0.2, 0) is 6.42 Å². The van der Waals surface area contributed by atoms with E-state index >= 15 is 0 Å². The zero-order valence-electron chi connectivity index (χ0n) is 13.5. The van der Waals surface area contributed by atoms with Gasteiger partial charge >= 0.3 is 0 Å². The Morgan fingerprint density at radius 1 is 1.05 bits per heavy atom. The van der Waals surface area contributed by atoms with Crippen molar-refractivity contribution >= 4 is 0 Å². The Morgan fingerprint density at radius 2 is 1.80 bits per heavy atom. The maximum absolute atomic E-state index is 5.42. The molecule has 0 saturated carbocycles. The SMILES string of the molecule is COc1ccc(OC)c(CCC(C)CCNC(C)C)c1. The summed E-state index contributed by atoms with van der Waals surface area (Å²) in [6, 6.07) is 6.58. The summed E-state index contributed by atoms with van der Waals surface area (Å²) in [4.78, 5) is 0. The van der Waals surface area contributed by atoms with E-state index in [1.807, 2.05) is 12.1 Å². The Balaban J connectivity index is 2.47. The molecule has 1 rings (SSSR count). The number of benzene rings is 1. The second-order valence-corrected chi connectivity index (χ2v) is 5.72. The predicted octanol–water partition coefficient (Wildman–Crippen LogP) is 3.66. The summed E-state index contributed by atoms with van der Waals surface area (Å²) in [5.41, 5.74) is 1.23. The third-order valence-corrected chi connectivity index (χ3v) is 3.58. The van der Waals surface area contributed by atoms with Gasteiger partial charge in [0, 0.05) is 6.04 Å². The number of hydrogen-bond donors (Lipinski definition) is 1. The van der Waals surface area contributed by atoms with Gasteiger partial charge in [0.2, 0.25) is 0 Å². The average molecular weight is 279 g/mol. The normalized spacial score (nSPS) is 12.5. The van der Waals surface area contributed by atoms with E-state index in [2.05, 4.69) is 32.2 Å². The van der Waals surface area contributed by atoms with Crippen LogP contribution in [0.25, 0.3) is 0 Å². The molecule has 0 amide bonds. The average Bonchev–Trinajstić information content (AvgIpc) is 2.44. The molecule has 0 aliphatic rings. The van der Waals surface area contributed by atoms with Crippen molar-refractivity contribution in [1.29, 1.82) is 0 Å². The molecule has 1 atom stereocenters. The minimum Gasteiger partial charge on any atom is -0.497 e. The van der Waals surface area contributed by atoms with E-state index in [1.54, 1.807) is 14.2 Å². The molecule has 114 valence electrons. The number of hydrogen-bond acceptors (Lipinski definition) is 3. The van der Waals surface area contributed by atoms with Gasteiger partial charge in [-0.3, -0.25) is 0 Å². The lowest BCUT2D eigenvalue weighted by atomic mass is 9.97. The highest BCUT2D eigenvalue weighted by atomic mass is 16.5. The molecule has 0 aliphatic carbocycles. The monoisotopic (exact) mass is 279 g/mol. The van der Waals surface area contributed by atoms with Crippen LogP contribution in [0.3, 0.4) is 0 Å². The first-order chi connectivity index (χ1) is 9.56. The molecule has 3 heteroatoms. The molecule has 0 aliphatic heterocycles. The van der Waals surface area contributed by atoms with Crippen LogP contribution < -0.4 is 14.8 Å². The number of rotatable bonds is 9. The molecule has 1 aromatic carbocycles. The standard InChI is InChI=1S/C17H29NO2/c1-13(2)18-11-10-14(3)6-7-15-12-16(19-4)8-9-17(15)20-5/h8-9,12-14,18H,6-7,10-11H2,1-5H3. The van der Waals surface area contributed by atoms with Crippen LogP contribution in [0.15, 0.2) is 18.2 Å². The first-order valence-corrected chi connectivity index (χ1v) is 7.51. The van der Waals surface area contributed by atoms with Crippen molar-refractivity contribution in [2.24, 2.45) is 5.92 Å². The summed E-state index contributed by atoms with van der Waals surface area (Å²) < 4.78 is 10.7. The van der Waals surface area contributed by atoms with Crippen LogP contribution in [-0.4, -0.2) is 26.8 Å². The second kappa shape index (κ2) is 8.85. The van der Waals surface area contributed by atoms with Crippen molar-refractivity contribution in [2.75, 3.05) is 20.8 Å². The van der Waals surface area contributed by atoms with E-state index in [0.717, 1.165) is 24.5 Å². The highest BCUT2D eigenvalue weighted by Gasteiger charge is 2.08. The van der Waals surface area contributed by atoms with Crippen molar-refractivity contribution in [3.05, 3.63) is 23.8 Å². The van der Waals surface area contributed by atoms with Gasteiger partial charge in [0.05, 0.1) is 14.2 Å². The molecular formula is C17H29NO2. The molecule has 20 heavy (non-hydrogen) atoms. The van der Waals surface area contributed by atoms with Gasteiger partial charge in [0.25, 0.3) is 0 Å². The van der Waals surface area contributed by atoms with Crippen molar-refractivity contribution in [3.63, 3.8) is 0 Å². The van der Waals surface area contributed by atoms with Gasteiger partial charge in [0.1, 0.15) is 11.5 Å². The van der Waals surface area contributed by atoms with Gasteiger partial charge in [-0.25, -0.2) is 0 Å². The lowest BCUT2D eigenvalue weighted by molar-refractivity contribution is 0.394. The van der Waals surface area contributed by atoms with Crippen molar-refractivity contribution in [2.45, 2.75) is 46.1 Å². The number of methoxy groups -OCH3 is 2. The third-order valence-electron chi connectivity index (χ3n) is 3.58. The van der Waals surface area contributed by atoms with E-state index in [0.29, 0.717) is 12.0 Å². The summed E-state index contributed by atoms with van der Waals surface area (Å²) in [5, 5.41) is 3.47. The maximum atomic E-state index is 5.42. The van der Waals surface area contributed by atoms with Gasteiger partial charge in [-0.05, 0) is 55.5 Å². The molecule has 0 saturated heterocycles. The smallest absolute Gasteiger partial charge is 0.122 e. The molecule has 1 N–H and O–H groups in total. The molecule has 0 heterocycles. The molecule has 1 aromatic rings. The van der Waals surface area contributed by atoms with Gasteiger partial charge in [-0.2, -0.15) is 0 Å². The minimum absolute atomic E-state index is 0.570. The van der Waals surface area contributed by atoms with Crippen LogP contribution >= 0.6 is 0 Å². The largest absolute Gasteiger partial charge is 0.497 e. The zero-order chi connectivity index (χ0) is 15.0. The lowest BCUT2D eigenvalue weighted by Crippen LogP contribution is -2.25. The Bertz CT molecular complexity index is 391. The van der Waals surface area contributed by atoms with Crippen molar-refractivity contribution in [3.8, 4) is 11.5 Å². The van der Waals surface area contributed by atoms with Crippen LogP contribution in [0.1, 0.15) is 39.2 Å². The molecule has 0 bridgehead atoms. The summed E-state index contributed by atoms with van der Waals surface area (Å²) in [6.45, 7) is 7.78. The third kappa shape index (κ3) is 5.83. The van der Waals surface area contributed by atoms with Gasteiger partial charge < -0.3 is 14.8 Å². The highest BCUT2D eigenvalue weighted by molar-refractivity contribution is 5.40. The fraction of sp³-hybridized carbons (Fsp3) is 0.647. The van der Waals surface area contributed by atoms with E-state index in [-0.39, 0.29) is 0 Å². The van der Waals surface area contributed by atoms with Gasteiger partial charge in [-0.1, -0.05) is 20.8 Å². The molecule has 1 unspecified atom stereocenters. The maximum Gasteiger partial charge on any atom is 0.122 e. The summed E-state index contributed by atoms with van der Waals surface area (Å²) in [7, 11) is 3.42. The predicted molar refractivity (Wildman–Crippen MR) is 84.8 cm³/mol. The van der Waals surface area contributed by atoms with Crippen molar-refractivity contribution in [1.82, 2.24) is 5.32 Å². The molecular weight excluding hydrogens is 250 g/mol. The molecule has 0 aromatic heterocycles. The van der Waals surface area contributed by atoms with Crippen molar-refractivity contribution < 1.29 is 9.47 Å². The Kier molecular flexibility index (Phi) is 7.45. The number of aryl methyl sites for hydroxylation is 1. The summed E-state index contributed by atoms with van der Waals surface area (Å²) in [5.74, 6) is 2.56. The Morgan fingerprint density at radius 3 is 2.40 bits per heavy atom. The van der Waals surface area contributed by atoms with Gasteiger partial charge in [0.15, 0.2) is 0 Å². The van der Waals surface area contributed by atoms with Crippen LogP contribution in [0, 0.1) is 5.92 Å². The van der Waals surface area contributed by atoms with E-state index in [1.165, 1.54) is 18.4 Å². The fourth-order valence-corrected chi connectivity index (χ4v) is 2.24. The van der Waals surface area contributed by atoms with E-state index < -0.39 is 0 Å². The molecule has 0 radical (unpaired) electrons. The number of ether oxygens (including phenoxy) is 2. The van der Waals surface area contributed by atoms with Crippen LogP contribution in [0.4, 0.5) is 0 Å². The first-order valence-electron chi connectivity index (χ1n) is 7.51. The fourth-order valence-electron chi connectivity index (χ4n) is 2.24. The summed E-state index contributed by atoms with van der Waals surface area (Å²) in [6.07, 6.45) is 3.41. The van der Waals surface area contributed by atoms with E-state index in [9.17, 15) is 0 Å². The minimum atomic E-state index is 0.570. The van der Waals surface area contributed by atoms with Crippen LogP contribution in [0.5, 0.6) is 11.5 Å². The Labute approximate surface area is 123 Å². The molecule has 0 fully saturated rings. The number of nitrogens with one attached hydrogen (secondary N) is 1. The lowest BCUT2D eigenvalue weighted by Gasteiger charge is -2.15. The first kappa shape index (κ1) is 16.8. The second-order valence-electron chi connectivity index (χ2n) is 5.72. The molecule has 0 spiro atoms. The topological polar surface area (TPSA) is 30.5 Å². The Hall–Kier alpha value is -1.22.